The zero-order chi connectivity index (χ0) is 12.8. The van der Waals surface area contributed by atoms with Crippen LogP contribution < -0.4 is 5.32 Å². The number of hydrogen-bond acceptors (Lipinski definition) is 3. The number of benzene rings is 1. The number of rotatable bonds is 3. The van der Waals surface area contributed by atoms with Crippen LogP contribution >= 0.6 is 0 Å². The van der Waals surface area contributed by atoms with E-state index in [1.54, 1.807) is 36.5 Å². The van der Waals surface area contributed by atoms with Crippen molar-refractivity contribution in [1.29, 1.82) is 5.26 Å². The van der Waals surface area contributed by atoms with Crippen molar-refractivity contribution < 1.29 is 4.79 Å². The van der Waals surface area contributed by atoms with Crippen LogP contribution in [0.1, 0.15) is 11.1 Å². The molecule has 18 heavy (non-hydrogen) atoms. The zero-order valence-electron chi connectivity index (χ0n) is 9.42. The third kappa shape index (κ3) is 3.06. The first-order valence-corrected chi connectivity index (χ1v) is 5.26. The van der Waals surface area contributed by atoms with Gasteiger partial charge in [0.25, 0.3) is 0 Å². The van der Waals surface area contributed by atoms with Crippen LogP contribution in [0.5, 0.6) is 0 Å². The number of nitrogens with zero attached hydrogens (tertiary/aromatic N) is 2. The molecule has 0 fully saturated rings. The molecule has 0 bridgehead atoms. The summed E-state index contributed by atoms with van der Waals surface area (Å²) in [4.78, 5) is 11.5. The van der Waals surface area contributed by atoms with Gasteiger partial charge in [-0.05, 0) is 23.8 Å². The maximum atomic E-state index is 11.5. The van der Waals surface area contributed by atoms with Crippen molar-refractivity contribution in [2.75, 3.05) is 5.32 Å². The Morgan fingerprint density at radius 1 is 1.39 bits per heavy atom. The van der Waals surface area contributed by atoms with Gasteiger partial charge in [0.15, 0.2) is 0 Å². The Morgan fingerprint density at radius 3 is 2.78 bits per heavy atom. The Morgan fingerprint density at radius 2 is 2.17 bits per heavy atom. The Labute approximate surface area is 104 Å². The molecule has 5 nitrogen and oxygen atoms in total. The number of carbonyl (C=O) groups is 1. The highest BCUT2D eigenvalue weighted by Crippen LogP contribution is 2.06. The third-order valence-electron chi connectivity index (χ3n) is 2.23. The molecule has 0 aliphatic carbocycles. The molecule has 0 aliphatic rings. The van der Waals surface area contributed by atoms with Crippen molar-refractivity contribution in [1.82, 2.24) is 10.2 Å². The molecule has 0 unspecified atom stereocenters. The van der Waals surface area contributed by atoms with Gasteiger partial charge in [0.05, 0.1) is 23.5 Å². The van der Waals surface area contributed by atoms with Gasteiger partial charge in [-0.3, -0.25) is 9.89 Å². The lowest BCUT2D eigenvalue weighted by Crippen LogP contribution is -2.06. The van der Waals surface area contributed by atoms with Gasteiger partial charge < -0.3 is 5.32 Å². The topological polar surface area (TPSA) is 81.6 Å². The summed E-state index contributed by atoms with van der Waals surface area (Å²) in [6.07, 6.45) is 6.21. The summed E-state index contributed by atoms with van der Waals surface area (Å²) >= 11 is 0. The van der Waals surface area contributed by atoms with Crippen molar-refractivity contribution in [3.05, 3.63) is 53.9 Å². The number of hydrogen-bond donors (Lipinski definition) is 2. The quantitative estimate of drug-likeness (QED) is 0.801. The molecule has 2 aromatic rings. The summed E-state index contributed by atoms with van der Waals surface area (Å²) in [6.45, 7) is 0. The first-order valence-electron chi connectivity index (χ1n) is 5.26. The Bertz CT molecular complexity index is 591. The van der Waals surface area contributed by atoms with Crippen molar-refractivity contribution in [2.45, 2.75) is 0 Å². The molecule has 0 radical (unpaired) electrons. The number of nitriles is 1. The van der Waals surface area contributed by atoms with Gasteiger partial charge >= 0.3 is 0 Å². The van der Waals surface area contributed by atoms with Crippen LogP contribution in [0.25, 0.3) is 6.08 Å². The van der Waals surface area contributed by atoms with Crippen LogP contribution in [0, 0.1) is 11.3 Å². The predicted octanol–water partition coefficient (Wildman–Crippen LogP) is 1.93. The molecule has 88 valence electrons. The van der Waals surface area contributed by atoms with Gasteiger partial charge in [-0.1, -0.05) is 12.1 Å². The van der Waals surface area contributed by atoms with E-state index in [-0.39, 0.29) is 5.91 Å². The van der Waals surface area contributed by atoms with Crippen LogP contribution in [0.15, 0.2) is 42.7 Å². The van der Waals surface area contributed by atoms with E-state index in [4.69, 9.17) is 5.26 Å². The summed E-state index contributed by atoms with van der Waals surface area (Å²) in [5.74, 6) is -0.235. The van der Waals surface area contributed by atoms with Gasteiger partial charge in [0.2, 0.25) is 5.91 Å². The molecule has 1 heterocycles. The van der Waals surface area contributed by atoms with Crippen LogP contribution in [-0.2, 0) is 4.79 Å². The highest BCUT2D eigenvalue weighted by atomic mass is 16.1. The largest absolute Gasteiger partial charge is 0.320 e. The number of amides is 1. The zero-order valence-corrected chi connectivity index (χ0v) is 9.42. The molecule has 1 aromatic heterocycles. The van der Waals surface area contributed by atoms with Gasteiger partial charge in [0.1, 0.15) is 0 Å². The molecule has 2 N–H and O–H groups in total. The van der Waals surface area contributed by atoms with Crippen LogP contribution in [0.3, 0.4) is 0 Å². The van der Waals surface area contributed by atoms with Crippen LogP contribution in [0.2, 0.25) is 0 Å². The molecule has 0 spiro atoms. The van der Waals surface area contributed by atoms with E-state index >= 15 is 0 Å². The second kappa shape index (κ2) is 5.46. The average Bonchev–Trinajstić information content (AvgIpc) is 2.90. The summed E-state index contributed by atoms with van der Waals surface area (Å²) in [6, 6.07) is 8.99. The lowest BCUT2D eigenvalue weighted by atomic mass is 10.1. The second-order valence-corrected chi connectivity index (χ2v) is 3.54. The summed E-state index contributed by atoms with van der Waals surface area (Å²) < 4.78 is 0. The van der Waals surface area contributed by atoms with E-state index in [1.165, 1.54) is 12.3 Å². The van der Waals surface area contributed by atoms with Crippen molar-refractivity contribution in [3.8, 4) is 6.07 Å². The highest BCUT2D eigenvalue weighted by Gasteiger charge is 1.98. The molecule has 0 aliphatic heterocycles. The fourth-order valence-corrected chi connectivity index (χ4v) is 1.34. The molecule has 5 heteroatoms. The summed E-state index contributed by atoms with van der Waals surface area (Å²) in [7, 11) is 0. The van der Waals surface area contributed by atoms with E-state index in [0.717, 1.165) is 5.56 Å². The van der Waals surface area contributed by atoms with Crippen LogP contribution in [0.4, 0.5) is 5.69 Å². The standard InChI is InChI=1S/C13H10N4O/c14-7-11-3-1-10(2-4-11)5-6-13(18)17-12-8-15-16-9-12/h1-6,8-9H,(H,15,16)(H,17,18)/b6-5+. The first kappa shape index (κ1) is 11.6. The molecule has 0 saturated carbocycles. The predicted molar refractivity (Wildman–Crippen MR) is 67.4 cm³/mol. The van der Waals surface area contributed by atoms with Gasteiger partial charge in [-0.25, -0.2) is 0 Å². The Kier molecular flexibility index (Phi) is 3.52. The maximum Gasteiger partial charge on any atom is 0.248 e. The summed E-state index contributed by atoms with van der Waals surface area (Å²) in [5, 5.41) is 17.6. The fraction of sp³-hybridized carbons (Fsp3) is 0. The highest BCUT2D eigenvalue weighted by molar-refractivity contribution is 6.01. The monoisotopic (exact) mass is 238 g/mol. The minimum Gasteiger partial charge on any atom is -0.320 e. The van der Waals surface area contributed by atoms with E-state index in [9.17, 15) is 4.79 Å². The number of H-pyrrole nitrogens is 1. The number of carbonyl (C=O) groups excluding carboxylic acids is 1. The van der Waals surface area contributed by atoms with Crippen LogP contribution in [-0.4, -0.2) is 16.1 Å². The molecule has 0 saturated heterocycles. The third-order valence-corrected chi connectivity index (χ3v) is 2.23. The Balaban J connectivity index is 1.97. The minimum atomic E-state index is -0.235. The van der Waals surface area contributed by atoms with Gasteiger partial charge in [-0.15, -0.1) is 0 Å². The number of nitrogens with one attached hydrogen (secondary N) is 2. The summed E-state index contributed by atoms with van der Waals surface area (Å²) in [5.41, 5.74) is 2.07. The van der Waals surface area contributed by atoms with Gasteiger partial charge in [0, 0.05) is 12.3 Å². The van der Waals surface area contributed by atoms with E-state index in [1.807, 2.05) is 6.07 Å². The molecule has 1 aromatic carbocycles. The minimum absolute atomic E-state index is 0.235. The van der Waals surface area contributed by atoms with Gasteiger partial charge in [-0.2, -0.15) is 10.4 Å². The smallest absolute Gasteiger partial charge is 0.248 e. The van der Waals surface area contributed by atoms with Crippen molar-refractivity contribution >= 4 is 17.7 Å². The maximum absolute atomic E-state index is 11.5. The SMILES string of the molecule is N#Cc1ccc(/C=C/C(=O)Nc2cn[nH]c2)cc1. The normalized spacial score (nSPS) is 10.2. The van der Waals surface area contributed by atoms with E-state index < -0.39 is 0 Å². The number of anilines is 1. The van der Waals surface area contributed by atoms with Crippen molar-refractivity contribution in [2.24, 2.45) is 0 Å². The Hall–Kier alpha value is -2.87. The molecule has 2 rings (SSSR count). The molecular formula is C13H10N4O. The average molecular weight is 238 g/mol. The van der Waals surface area contributed by atoms with E-state index in [0.29, 0.717) is 11.3 Å². The lowest BCUT2D eigenvalue weighted by molar-refractivity contribution is -0.111. The molecular weight excluding hydrogens is 228 g/mol. The first-order chi connectivity index (χ1) is 8.78. The number of aromatic amines is 1. The molecule has 1 amide bonds. The van der Waals surface area contributed by atoms with Crippen molar-refractivity contribution in [3.63, 3.8) is 0 Å². The fourth-order valence-electron chi connectivity index (χ4n) is 1.34. The number of aromatic nitrogens is 2. The second-order valence-electron chi connectivity index (χ2n) is 3.54. The van der Waals surface area contributed by atoms with E-state index in [2.05, 4.69) is 15.5 Å². The molecule has 0 atom stereocenters. The lowest BCUT2D eigenvalue weighted by Gasteiger charge is -1.96.